The molecule has 474 valence electrons. The van der Waals surface area contributed by atoms with E-state index in [0.717, 1.165) is 134 Å². The van der Waals surface area contributed by atoms with Gasteiger partial charge in [-0.1, -0.05) is 309 Å². The van der Waals surface area contributed by atoms with Crippen LogP contribution in [0.5, 0.6) is 23.0 Å². The van der Waals surface area contributed by atoms with Gasteiger partial charge >= 0.3 is 0 Å². The first-order valence-corrected chi connectivity index (χ1v) is 34.8. The van der Waals surface area contributed by atoms with E-state index in [-0.39, 0.29) is 0 Å². The Labute approximate surface area is 589 Å². The van der Waals surface area contributed by atoms with Gasteiger partial charge in [0.05, 0.1) is 33.6 Å². The molecule has 1 atom stereocenters. The fraction of sp³-hybridized carbons (Fsp3) is 0.0208. The molecule has 0 saturated carbocycles. The molecule has 0 bridgehead atoms. The molecular weight excluding hydrogens is 1240 g/mol. The molecule has 4 aliphatic rings. The van der Waals surface area contributed by atoms with Crippen LogP contribution in [0.15, 0.2) is 352 Å². The summed E-state index contributed by atoms with van der Waals surface area (Å²) in [5, 5.41) is 4.44. The number of hydrogen-bond acceptors (Lipinski definition) is 6. The summed E-state index contributed by atoms with van der Waals surface area (Å²) >= 11 is 0. The van der Waals surface area contributed by atoms with E-state index in [2.05, 4.69) is 328 Å². The molecular formula is C96H58N4O2. The summed E-state index contributed by atoms with van der Waals surface area (Å²) in [5.74, 6) is 4.43. The lowest BCUT2D eigenvalue weighted by molar-refractivity contribution is 0.437. The lowest BCUT2D eigenvalue weighted by atomic mass is 9.65. The number of hydrogen-bond donors (Lipinski definition) is 0. The van der Waals surface area contributed by atoms with Crippen LogP contribution >= 0.6 is 0 Å². The van der Waals surface area contributed by atoms with Crippen LogP contribution in [0.4, 0.5) is 0 Å². The van der Waals surface area contributed by atoms with E-state index in [0.29, 0.717) is 11.6 Å². The molecule has 0 saturated heterocycles. The lowest BCUT2D eigenvalue weighted by Crippen LogP contribution is -2.32. The Bertz CT molecular complexity index is 6300. The number of rotatable bonds is 8. The molecule has 2 aliphatic heterocycles. The van der Waals surface area contributed by atoms with E-state index in [4.69, 9.17) is 29.4 Å². The van der Waals surface area contributed by atoms with Gasteiger partial charge in [-0.25, -0.2) is 19.9 Å². The normalized spacial score (nSPS) is 14.4. The summed E-state index contributed by atoms with van der Waals surface area (Å²) in [7, 11) is 0. The van der Waals surface area contributed by atoms with Crippen LogP contribution in [-0.2, 0) is 10.8 Å². The molecule has 2 aromatic heterocycles. The summed E-state index contributed by atoms with van der Waals surface area (Å²) in [5.41, 5.74) is 26.0. The van der Waals surface area contributed by atoms with Crippen molar-refractivity contribution < 1.29 is 9.47 Å². The zero-order valence-electron chi connectivity index (χ0n) is 55.1. The largest absolute Gasteiger partial charge is 0.456 e. The molecule has 1 unspecified atom stereocenters. The summed E-state index contributed by atoms with van der Waals surface area (Å²) in [6.07, 6.45) is 0. The topological polar surface area (TPSA) is 70.0 Å². The number of aromatic nitrogens is 4. The zero-order chi connectivity index (χ0) is 67.0. The molecule has 0 fully saturated rings. The van der Waals surface area contributed by atoms with Crippen molar-refractivity contribution in [2.24, 2.45) is 0 Å². The fourth-order valence-corrected chi connectivity index (χ4v) is 17.4. The number of fused-ring (bicyclic) bond motifs is 20. The first kappa shape index (κ1) is 57.6. The summed E-state index contributed by atoms with van der Waals surface area (Å²) in [6.45, 7) is 0. The van der Waals surface area contributed by atoms with E-state index in [1.165, 1.54) is 55.6 Å². The molecule has 102 heavy (non-hydrogen) atoms. The standard InChI is InChI=1S/C96H58N4O2/c1-4-26-59(27-5-1)64-54-55-72(68-34-11-10-33-67(64)68)85-58-87(100-94(98-85)61-30-8-3-9-31-61)75-41-25-49-83-92(75)102-89-51-21-19-46-80(89)96(83)78-44-17-14-37-73(78)90-66(38-23-47-81(90)96)63-52-53-65-62(56-63)32-22-39-71(65)84-57-86(99-93(97-84)60-28-6-2-7-29-60)74-40-24-48-82-91(74)101-88-50-20-18-45-79(88)95(82)76-42-15-12-35-69(76)70-36-13-16-43-77(70)95/h1-58H. The Morgan fingerprint density at radius 1 is 0.206 bits per heavy atom. The highest BCUT2D eigenvalue weighted by atomic mass is 16.5. The van der Waals surface area contributed by atoms with Crippen molar-refractivity contribution in [1.82, 2.24) is 19.9 Å². The highest BCUT2D eigenvalue weighted by molar-refractivity contribution is 6.06. The maximum atomic E-state index is 7.39. The predicted octanol–water partition coefficient (Wildman–Crippen LogP) is 23.8. The van der Waals surface area contributed by atoms with E-state index < -0.39 is 10.8 Å². The van der Waals surface area contributed by atoms with Gasteiger partial charge in [0.1, 0.15) is 23.0 Å². The van der Waals surface area contributed by atoms with Gasteiger partial charge < -0.3 is 9.47 Å². The van der Waals surface area contributed by atoms with Gasteiger partial charge in [-0.3, -0.25) is 0 Å². The molecule has 6 nitrogen and oxygen atoms in total. The van der Waals surface area contributed by atoms with Crippen LogP contribution in [0, 0.1) is 0 Å². The summed E-state index contributed by atoms with van der Waals surface area (Å²) in [6, 6.07) is 126. The van der Waals surface area contributed by atoms with Crippen molar-refractivity contribution in [3.8, 4) is 135 Å². The summed E-state index contributed by atoms with van der Waals surface area (Å²) < 4.78 is 14.6. The Balaban J connectivity index is 0.714. The van der Waals surface area contributed by atoms with Gasteiger partial charge in [0.25, 0.3) is 0 Å². The van der Waals surface area contributed by atoms with Gasteiger partial charge in [0, 0.05) is 55.6 Å². The number of benzene rings is 15. The van der Waals surface area contributed by atoms with Crippen molar-refractivity contribution in [3.05, 3.63) is 396 Å². The molecule has 4 heterocycles. The molecule has 0 N–H and O–H groups in total. The van der Waals surface area contributed by atoms with Gasteiger partial charge in [-0.05, 0) is 131 Å². The smallest absolute Gasteiger partial charge is 0.160 e. The lowest BCUT2D eigenvalue weighted by Gasteiger charge is -2.40. The average Bonchev–Trinajstić information content (AvgIpc) is 1.50. The van der Waals surface area contributed by atoms with Crippen molar-refractivity contribution in [1.29, 1.82) is 0 Å². The SMILES string of the molecule is c1ccc(-c2nc(-c3cccc4c3Oc3ccccc3C43c4ccccc4-c4ccccc43)cc(-c3cccc4cc(-c5cccc6c5-c5ccccc5C65c6ccccc6Oc6c(-c7cc(-c8ccc(-c9ccccc9)c9ccccc89)nc(-c8ccccc8)n7)cccc65)ccc34)n2)cc1. The van der Waals surface area contributed by atoms with Crippen LogP contribution in [0.1, 0.15) is 44.5 Å². The predicted molar refractivity (Wildman–Crippen MR) is 411 cm³/mol. The Kier molecular flexibility index (Phi) is 12.7. The Hall–Kier alpha value is -13.4. The number of ether oxygens (including phenoxy) is 2. The third-order valence-electron chi connectivity index (χ3n) is 21.7. The monoisotopic (exact) mass is 1300 g/mol. The van der Waals surface area contributed by atoms with Gasteiger partial charge in [0.15, 0.2) is 11.6 Å². The van der Waals surface area contributed by atoms with Crippen LogP contribution in [0.25, 0.3) is 134 Å². The minimum atomic E-state index is -0.784. The van der Waals surface area contributed by atoms with Gasteiger partial charge in [-0.15, -0.1) is 0 Å². The van der Waals surface area contributed by atoms with Crippen molar-refractivity contribution in [2.45, 2.75) is 10.8 Å². The Morgan fingerprint density at radius 2 is 0.578 bits per heavy atom. The molecule has 0 radical (unpaired) electrons. The zero-order valence-corrected chi connectivity index (χ0v) is 55.1. The maximum Gasteiger partial charge on any atom is 0.160 e. The van der Waals surface area contributed by atoms with Gasteiger partial charge in [0.2, 0.25) is 0 Å². The second kappa shape index (κ2) is 22.6. The molecule has 17 aromatic rings. The van der Waals surface area contributed by atoms with E-state index in [1.807, 2.05) is 24.3 Å². The minimum Gasteiger partial charge on any atom is -0.456 e. The van der Waals surface area contributed by atoms with Crippen molar-refractivity contribution in [3.63, 3.8) is 0 Å². The molecule has 0 amide bonds. The first-order chi connectivity index (χ1) is 50.6. The molecule has 15 aromatic carbocycles. The first-order valence-electron chi connectivity index (χ1n) is 34.8. The van der Waals surface area contributed by atoms with E-state index in [1.54, 1.807) is 0 Å². The highest BCUT2D eigenvalue weighted by Gasteiger charge is 2.54. The fourth-order valence-electron chi connectivity index (χ4n) is 17.4. The van der Waals surface area contributed by atoms with Crippen LogP contribution < -0.4 is 9.47 Å². The van der Waals surface area contributed by atoms with Crippen LogP contribution in [0.3, 0.4) is 0 Å². The molecule has 6 heteroatoms. The van der Waals surface area contributed by atoms with Crippen LogP contribution in [0.2, 0.25) is 0 Å². The third-order valence-corrected chi connectivity index (χ3v) is 21.7. The Morgan fingerprint density at radius 3 is 1.14 bits per heavy atom. The average molecular weight is 1300 g/mol. The minimum absolute atomic E-state index is 0.630. The third kappa shape index (κ3) is 8.41. The quantitative estimate of drug-likeness (QED) is 0.151. The van der Waals surface area contributed by atoms with Crippen molar-refractivity contribution >= 4 is 21.5 Å². The molecule has 2 aliphatic carbocycles. The maximum absolute atomic E-state index is 7.39. The van der Waals surface area contributed by atoms with Crippen LogP contribution in [-0.4, -0.2) is 19.9 Å². The molecule has 21 rings (SSSR count). The summed E-state index contributed by atoms with van der Waals surface area (Å²) in [4.78, 5) is 21.9. The second-order valence-corrected chi connectivity index (χ2v) is 26.9. The van der Waals surface area contributed by atoms with E-state index in [9.17, 15) is 0 Å². The van der Waals surface area contributed by atoms with Crippen molar-refractivity contribution in [2.75, 3.05) is 0 Å². The number of para-hydroxylation sites is 4. The van der Waals surface area contributed by atoms with E-state index >= 15 is 0 Å². The number of nitrogens with zero attached hydrogens (tertiary/aromatic N) is 4. The van der Waals surface area contributed by atoms with Gasteiger partial charge in [-0.2, -0.15) is 0 Å². The second-order valence-electron chi connectivity index (χ2n) is 26.9. The molecule has 2 spiro atoms. The highest BCUT2D eigenvalue weighted by Crippen LogP contribution is 2.66.